The van der Waals surface area contributed by atoms with Gasteiger partial charge in [-0.3, -0.25) is 15.0 Å². The van der Waals surface area contributed by atoms with E-state index >= 15 is 0 Å². The van der Waals surface area contributed by atoms with Crippen LogP contribution in [0.25, 0.3) is 0 Å². The van der Waals surface area contributed by atoms with Crippen LogP contribution in [0.1, 0.15) is 57.2 Å². The number of ether oxygens (including phenoxy) is 5. The second-order valence-electron chi connectivity index (χ2n) is 13.5. The third-order valence-electron chi connectivity index (χ3n) is 9.46. The molecule has 0 spiro atoms. The first kappa shape index (κ1) is 41.1. The maximum absolute atomic E-state index is 13.2. The molecule has 0 aromatic heterocycles. The molecule has 0 aliphatic carbocycles. The average molecular weight is 763 g/mol. The molecule has 1 unspecified atom stereocenters. The third-order valence-corrected chi connectivity index (χ3v) is 11.6. The number of nitrogens with one attached hydrogen (secondary N) is 1. The van der Waals surface area contributed by atoms with Gasteiger partial charge in [0.2, 0.25) is 5.91 Å². The summed E-state index contributed by atoms with van der Waals surface area (Å²) in [6.45, 7) is 8.51. The molecule has 2 aliphatic heterocycles. The number of imide groups is 1. The molecule has 3 aromatic carbocycles. The van der Waals surface area contributed by atoms with Gasteiger partial charge in [-0.05, 0) is 68.7 Å². The number of hydrogen-bond donors (Lipinski definition) is 1. The second-order valence-corrected chi connectivity index (χ2v) is 14.9. The highest BCUT2D eigenvalue weighted by atomic mass is 31.2. The van der Waals surface area contributed by atoms with Gasteiger partial charge in [0.25, 0.3) is 8.53 Å². The molecule has 290 valence electrons. The number of rotatable bonds is 18. The highest BCUT2D eigenvalue weighted by Crippen LogP contribution is 2.50. The maximum atomic E-state index is 13.2. The zero-order chi connectivity index (χ0) is 38.8. The van der Waals surface area contributed by atoms with Crippen molar-refractivity contribution in [3.05, 3.63) is 95.6 Å². The Kier molecular flexibility index (Phi) is 14.4. The van der Waals surface area contributed by atoms with Crippen molar-refractivity contribution in [2.45, 2.75) is 82.8 Å². The van der Waals surface area contributed by atoms with Gasteiger partial charge in [0.15, 0.2) is 6.23 Å². The zero-order valence-corrected chi connectivity index (χ0v) is 32.9. The minimum absolute atomic E-state index is 0.0207. The van der Waals surface area contributed by atoms with E-state index in [1.165, 1.54) is 12.0 Å². The van der Waals surface area contributed by atoms with Crippen LogP contribution in [0, 0.1) is 11.3 Å². The summed E-state index contributed by atoms with van der Waals surface area (Å²) in [7, 11) is 3.03. The number of methoxy groups -OCH3 is 3. The van der Waals surface area contributed by atoms with E-state index in [0.29, 0.717) is 11.5 Å². The standard InChI is InChI=1S/C40H51N4O9P/c1-27(2)44(28(3)4)54(51-25-11-23-41)53-36-34(52-38(37(36)49-7)43-24-22-35(45)42-39(43)46)26-50-40(29-12-9-8-10-13-29,30-14-18-32(47-5)19-15-30)31-16-20-33(48-6)21-17-31/h8-10,12-21,27-28,34,36-38H,11,22,24-26H2,1-7H3,(H,42,45,46)/t34-,36-,37-,38-,54?/m1/s1. The van der Waals surface area contributed by atoms with Gasteiger partial charge in [-0.15, -0.1) is 0 Å². The SMILES string of the molecule is COc1ccc(C(OC[C@H]2O[C@@H](N3CCC(=O)NC3=O)[C@H](OC)[C@@H]2OP(OCCC#N)N(C(C)C)C(C)C)(c2ccccc2)c2ccc(OC)cc2)cc1. The fourth-order valence-corrected chi connectivity index (χ4v) is 8.74. The molecule has 54 heavy (non-hydrogen) atoms. The van der Waals surface area contributed by atoms with Gasteiger partial charge in [-0.25, -0.2) is 9.46 Å². The smallest absolute Gasteiger partial charge is 0.326 e. The lowest BCUT2D eigenvalue weighted by Crippen LogP contribution is -2.57. The Hall–Kier alpha value is -4.12. The molecule has 5 atom stereocenters. The van der Waals surface area contributed by atoms with Gasteiger partial charge < -0.3 is 32.7 Å². The zero-order valence-electron chi connectivity index (χ0n) is 32.0. The number of carbonyl (C=O) groups is 2. The Bertz CT molecular complexity index is 1650. The van der Waals surface area contributed by atoms with Crippen LogP contribution in [0.2, 0.25) is 0 Å². The highest BCUT2D eigenvalue weighted by molar-refractivity contribution is 7.44. The van der Waals surface area contributed by atoms with Crippen LogP contribution in [-0.2, 0) is 33.7 Å². The molecule has 2 aliphatic rings. The van der Waals surface area contributed by atoms with Crippen LogP contribution in [0.15, 0.2) is 78.9 Å². The number of nitriles is 1. The molecule has 2 heterocycles. The second kappa shape index (κ2) is 19.0. The minimum Gasteiger partial charge on any atom is -0.497 e. The van der Waals surface area contributed by atoms with E-state index in [2.05, 4.69) is 43.8 Å². The summed E-state index contributed by atoms with van der Waals surface area (Å²) in [5.74, 6) is 1.02. The quantitative estimate of drug-likeness (QED) is 0.0880. The van der Waals surface area contributed by atoms with Crippen molar-refractivity contribution in [1.29, 1.82) is 5.26 Å². The van der Waals surface area contributed by atoms with Crippen molar-refractivity contribution < 1.29 is 42.3 Å². The Morgan fingerprint density at radius 1 is 0.889 bits per heavy atom. The van der Waals surface area contributed by atoms with E-state index in [0.717, 1.165) is 16.7 Å². The average Bonchev–Trinajstić information content (AvgIpc) is 3.51. The number of carbonyl (C=O) groups excluding carboxylic acids is 2. The fraction of sp³-hybridized carbons (Fsp3) is 0.475. The number of urea groups is 1. The van der Waals surface area contributed by atoms with Gasteiger partial charge in [0.1, 0.15) is 35.4 Å². The predicted molar refractivity (Wildman–Crippen MR) is 203 cm³/mol. The van der Waals surface area contributed by atoms with Gasteiger partial charge in [0, 0.05) is 32.2 Å². The number of benzene rings is 3. The van der Waals surface area contributed by atoms with Crippen LogP contribution in [0.3, 0.4) is 0 Å². The monoisotopic (exact) mass is 762 g/mol. The molecule has 2 saturated heterocycles. The first-order valence-electron chi connectivity index (χ1n) is 18.1. The fourth-order valence-electron chi connectivity index (χ4n) is 6.97. The lowest BCUT2D eigenvalue weighted by atomic mass is 9.80. The molecule has 5 rings (SSSR count). The number of nitrogens with zero attached hydrogens (tertiary/aromatic N) is 3. The van der Waals surface area contributed by atoms with Crippen molar-refractivity contribution in [3.63, 3.8) is 0 Å². The number of hydrogen-bond acceptors (Lipinski definition) is 11. The van der Waals surface area contributed by atoms with E-state index < -0.39 is 44.7 Å². The Balaban J connectivity index is 1.61. The van der Waals surface area contributed by atoms with E-state index in [4.69, 9.17) is 32.7 Å². The predicted octanol–water partition coefficient (Wildman–Crippen LogP) is 6.36. The summed E-state index contributed by atoms with van der Waals surface area (Å²) in [5, 5.41) is 11.7. The van der Waals surface area contributed by atoms with E-state index in [1.54, 1.807) is 14.2 Å². The molecule has 3 aromatic rings. The maximum Gasteiger partial charge on any atom is 0.326 e. The summed E-state index contributed by atoms with van der Waals surface area (Å²) in [6.07, 6.45) is -3.02. The molecule has 3 amide bonds. The van der Waals surface area contributed by atoms with Crippen LogP contribution in [0.4, 0.5) is 4.79 Å². The topological polar surface area (TPSA) is 141 Å². The molecule has 14 heteroatoms. The Morgan fingerprint density at radius 2 is 1.46 bits per heavy atom. The van der Waals surface area contributed by atoms with Gasteiger partial charge in [0.05, 0.1) is 39.9 Å². The Morgan fingerprint density at radius 3 is 1.96 bits per heavy atom. The summed E-state index contributed by atoms with van der Waals surface area (Å²) < 4.78 is 46.5. The van der Waals surface area contributed by atoms with Gasteiger partial charge in [-0.1, -0.05) is 54.6 Å². The molecule has 2 fully saturated rings. The first-order valence-corrected chi connectivity index (χ1v) is 19.2. The third kappa shape index (κ3) is 9.04. The van der Waals surface area contributed by atoms with Crippen molar-refractivity contribution in [3.8, 4) is 17.6 Å². The van der Waals surface area contributed by atoms with Crippen LogP contribution < -0.4 is 14.8 Å². The van der Waals surface area contributed by atoms with Gasteiger partial charge in [-0.2, -0.15) is 5.26 Å². The number of amides is 3. The van der Waals surface area contributed by atoms with E-state index in [1.807, 2.05) is 78.9 Å². The first-order chi connectivity index (χ1) is 26.1. The van der Waals surface area contributed by atoms with E-state index in [9.17, 15) is 14.9 Å². The highest BCUT2D eigenvalue weighted by Gasteiger charge is 2.53. The Labute approximate surface area is 319 Å². The summed E-state index contributed by atoms with van der Waals surface area (Å²) in [5.41, 5.74) is 1.35. The molecule has 1 N–H and O–H groups in total. The van der Waals surface area contributed by atoms with Crippen molar-refractivity contribution in [2.24, 2.45) is 0 Å². The molecule has 0 bridgehead atoms. The van der Waals surface area contributed by atoms with Crippen molar-refractivity contribution in [2.75, 3.05) is 41.1 Å². The summed E-state index contributed by atoms with van der Waals surface area (Å²) >= 11 is 0. The van der Waals surface area contributed by atoms with Crippen LogP contribution in [-0.4, -0.2) is 99.2 Å². The molecular weight excluding hydrogens is 711 g/mol. The lowest BCUT2D eigenvalue weighted by molar-refractivity contribution is -0.128. The summed E-state index contributed by atoms with van der Waals surface area (Å²) in [4.78, 5) is 26.8. The molecule has 13 nitrogen and oxygen atoms in total. The lowest BCUT2D eigenvalue weighted by Gasteiger charge is -2.39. The van der Waals surface area contributed by atoms with Crippen molar-refractivity contribution in [1.82, 2.24) is 14.9 Å². The van der Waals surface area contributed by atoms with Crippen molar-refractivity contribution >= 4 is 20.5 Å². The summed E-state index contributed by atoms with van der Waals surface area (Å²) in [6, 6.07) is 27.0. The normalized spacial score (nSPS) is 21.0. The molecule has 0 radical (unpaired) electrons. The van der Waals surface area contributed by atoms with Crippen LogP contribution in [0.5, 0.6) is 11.5 Å². The van der Waals surface area contributed by atoms with Gasteiger partial charge >= 0.3 is 6.03 Å². The minimum atomic E-state index is -1.76. The largest absolute Gasteiger partial charge is 0.497 e. The van der Waals surface area contributed by atoms with Crippen LogP contribution >= 0.6 is 8.53 Å². The van der Waals surface area contributed by atoms with E-state index in [-0.39, 0.29) is 50.6 Å². The molecular formula is C40H51N4O9P. The molecule has 0 saturated carbocycles.